The molecular formula is C15H19NO3S2. The first-order valence-electron chi connectivity index (χ1n) is 7.25. The van der Waals surface area contributed by atoms with E-state index in [-0.39, 0.29) is 5.60 Å². The Morgan fingerprint density at radius 1 is 1.48 bits per heavy atom. The minimum atomic E-state index is -0.896. The first-order valence-corrected chi connectivity index (χ1v) is 9.28. The molecule has 1 spiro atoms. The standard InChI is InChI=1S/C15H19NO3S2/c17-14(18)11-1-5-16-13(9-11)21-12-2-6-19-15(10-12)3-7-20-8-4-15/h1,5,9,12H,2-4,6-8,10H2,(H,17,18). The molecule has 0 bridgehead atoms. The van der Waals surface area contributed by atoms with Crippen molar-refractivity contribution in [2.45, 2.75) is 41.6 Å². The molecule has 21 heavy (non-hydrogen) atoms. The monoisotopic (exact) mass is 325 g/mol. The summed E-state index contributed by atoms with van der Waals surface area (Å²) in [5.41, 5.74) is 0.370. The van der Waals surface area contributed by atoms with Crippen LogP contribution in [0.5, 0.6) is 0 Å². The van der Waals surface area contributed by atoms with E-state index in [1.54, 1.807) is 24.0 Å². The third-order valence-corrected chi connectivity index (χ3v) is 6.31. The van der Waals surface area contributed by atoms with Crippen molar-refractivity contribution in [3.8, 4) is 0 Å². The van der Waals surface area contributed by atoms with E-state index in [0.29, 0.717) is 10.8 Å². The number of nitrogens with zero attached hydrogens (tertiary/aromatic N) is 1. The Hall–Kier alpha value is -0.720. The quantitative estimate of drug-likeness (QED) is 0.920. The van der Waals surface area contributed by atoms with E-state index < -0.39 is 5.97 Å². The van der Waals surface area contributed by atoms with Crippen LogP contribution in [0.3, 0.4) is 0 Å². The molecule has 1 aromatic rings. The van der Waals surface area contributed by atoms with Crippen LogP contribution in [0.4, 0.5) is 0 Å². The molecule has 0 amide bonds. The van der Waals surface area contributed by atoms with Crippen molar-refractivity contribution in [1.82, 2.24) is 4.98 Å². The summed E-state index contributed by atoms with van der Waals surface area (Å²) >= 11 is 3.71. The Morgan fingerprint density at radius 3 is 3.05 bits per heavy atom. The van der Waals surface area contributed by atoms with Crippen molar-refractivity contribution in [2.24, 2.45) is 0 Å². The van der Waals surface area contributed by atoms with Gasteiger partial charge in [-0.3, -0.25) is 0 Å². The number of ether oxygens (including phenoxy) is 1. The predicted octanol–water partition coefficient (Wildman–Crippen LogP) is 3.32. The fourth-order valence-electron chi connectivity index (χ4n) is 2.95. The van der Waals surface area contributed by atoms with Gasteiger partial charge in [-0.15, -0.1) is 11.8 Å². The van der Waals surface area contributed by atoms with Crippen LogP contribution in [0.15, 0.2) is 23.4 Å². The van der Waals surface area contributed by atoms with Crippen LogP contribution in [-0.2, 0) is 4.74 Å². The van der Waals surface area contributed by atoms with Gasteiger partial charge in [-0.05, 0) is 49.3 Å². The zero-order valence-corrected chi connectivity index (χ0v) is 13.4. The third-order valence-electron chi connectivity index (χ3n) is 4.12. The maximum absolute atomic E-state index is 11.0. The van der Waals surface area contributed by atoms with Gasteiger partial charge >= 0.3 is 5.97 Å². The first kappa shape index (κ1) is 15.2. The highest BCUT2D eigenvalue weighted by atomic mass is 32.2. The highest BCUT2D eigenvalue weighted by Crippen LogP contribution is 2.42. The molecule has 2 fully saturated rings. The molecule has 1 N–H and O–H groups in total. The van der Waals surface area contributed by atoms with Crippen molar-refractivity contribution in [3.05, 3.63) is 23.9 Å². The molecule has 1 unspecified atom stereocenters. The summed E-state index contributed by atoms with van der Waals surface area (Å²) in [6, 6.07) is 3.21. The summed E-state index contributed by atoms with van der Waals surface area (Å²) in [4.78, 5) is 15.3. The van der Waals surface area contributed by atoms with Crippen molar-refractivity contribution in [2.75, 3.05) is 18.1 Å². The van der Waals surface area contributed by atoms with Gasteiger partial charge in [0.25, 0.3) is 0 Å². The summed E-state index contributed by atoms with van der Waals surface area (Å²) in [5, 5.41) is 10.3. The van der Waals surface area contributed by atoms with Crippen LogP contribution >= 0.6 is 23.5 Å². The number of rotatable bonds is 3. The minimum absolute atomic E-state index is 0.0611. The molecule has 2 aliphatic heterocycles. The molecule has 4 nitrogen and oxygen atoms in total. The zero-order valence-electron chi connectivity index (χ0n) is 11.8. The molecule has 1 aromatic heterocycles. The average molecular weight is 325 g/mol. The number of aromatic carboxylic acids is 1. The number of pyridine rings is 1. The number of hydrogen-bond acceptors (Lipinski definition) is 5. The topological polar surface area (TPSA) is 59.4 Å². The average Bonchev–Trinajstić information content (AvgIpc) is 2.48. The van der Waals surface area contributed by atoms with Gasteiger partial charge in [0.1, 0.15) is 0 Å². The highest BCUT2D eigenvalue weighted by Gasteiger charge is 2.39. The first-order chi connectivity index (χ1) is 10.2. The van der Waals surface area contributed by atoms with Crippen LogP contribution in [0.2, 0.25) is 0 Å². The summed E-state index contributed by atoms with van der Waals surface area (Å²) < 4.78 is 6.10. The highest BCUT2D eigenvalue weighted by molar-refractivity contribution is 8.00. The van der Waals surface area contributed by atoms with Gasteiger partial charge in [0.15, 0.2) is 0 Å². The van der Waals surface area contributed by atoms with Gasteiger partial charge in [0.05, 0.1) is 16.2 Å². The van der Waals surface area contributed by atoms with Crippen LogP contribution in [0, 0.1) is 0 Å². The largest absolute Gasteiger partial charge is 0.478 e. The number of carbonyl (C=O) groups is 1. The van der Waals surface area contributed by atoms with Gasteiger partial charge in [0, 0.05) is 18.1 Å². The maximum atomic E-state index is 11.0. The van der Waals surface area contributed by atoms with E-state index in [2.05, 4.69) is 4.98 Å². The lowest BCUT2D eigenvalue weighted by Crippen LogP contribution is -2.43. The van der Waals surface area contributed by atoms with E-state index >= 15 is 0 Å². The molecule has 2 aliphatic rings. The lowest BCUT2D eigenvalue weighted by Gasteiger charge is -2.43. The van der Waals surface area contributed by atoms with Crippen molar-refractivity contribution < 1.29 is 14.6 Å². The van der Waals surface area contributed by atoms with Gasteiger partial charge in [-0.25, -0.2) is 9.78 Å². The normalized spacial score (nSPS) is 24.9. The lowest BCUT2D eigenvalue weighted by atomic mass is 9.88. The number of thioether (sulfide) groups is 2. The Morgan fingerprint density at radius 2 is 2.29 bits per heavy atom. The molecule has 6 heteroatoms. The molecule has 3 heterocycles. The van der Waals surface area contributed by atoms with Crippen LogP contribution in [0.1, 0.15) is 36.0 Å². The van der Waals surface area contributed by atoms with Gasteiger partial charge < -0.3 is 9.84 Å². The third kappa shape index (κ3) is 3.73. The van der Waals surface area contributed by atoms with Crippen LogP contribution in [0.25, 0.3) is 0 Å². The Labute approximate surface area is 133 Å². The molecule has 114 valence electrons. The summed E-state index contributed by atoms with van der Waals surface area (Å²) in [6.07, 6.45) is 5.92. The van der Waals surface area contributed by atoms with Crippen molar-refractivity contribution in [1.29, 1.82) is 0 Å². The van der Waals surface area contributed by atoms with Crippen LogP contribution < -0.4 is 0 Å². The van der Waals surface area contributed by atoms with E-state index in [0.717, 1.165) is 37.3 Å². The molecule has 3 rings (SSSR count). The molecule has 0 aromatic carbocycles. The molecule has 2 saturated heterocycles. The number of carboxylic acids is 1. The number of carboxylic acid groups (broad SMARTS) is 1. The van der Waals surface area contributed by atoms with E-state index in [4.69, 9.17) is 9.84 Å². The second kappa shape index (κ2) is 6.58. The zero-order chi connectivity index (χ0) is 14.7. The Bertz CT molecular complexity index is 512. The smallest absolute Gasteiger partial charge is 0.335 e. The molecular weight excluding hydrogens is 306 g/mol. The SMILES string of the molecule is O=C(O)c1ccnc(SC2CCOC3(CCSCC3)C2)c1. The number of aromatic nitrogens is 1. The molecule has 0 radical (unpaired) electrons. The fourth-order valence-corrected chi connectivity index (χ4v) is 5.45. The summed E-state index contributed by atoms with van der Waals surface area (Å²) in [5.74, 6) is 1.47. The predicted molar refractivity (Wildman–Crippen MR) is 85.3 cm³/mol. The summed E-state index contributed by atoms with van der Waals surface area (Å²) in [7, 11) is 0. The van der Waals surface area contributed by atoms with E-state index in [9.17, 15) is 4.79 Å². The van der Waals surface area contributed by atoms with E-state index in [1.165, 1.54) is 17.6 Å². The van der Waals surface area contributed by atoms with Gasteiger partial charge in [-0.1, -0.05) is 0 Å². The second-order valence-corrected chi connectivity index (χ2v) is 8.11. The van der Waals surface area contributed by atoms with Gasteiger partial charge in [0.2, 0.25) is 0 Å². The van der Waals surface area contributed by atoms with Gasteiger partial charge in [-0.2, -0.15) is 11.8 Å². The molecule has 0 aliphatic carbocycles. The minimum Gasteiger partial charge on any atom is -0.478 e. The maximum Gasteiger partial charge on any atom is 0.335 e. The lowest BCUT2D eigenvalue weighted by molar-refractivity contribution is -0.0805. The van der Waals surface area contributed by atoms with Crippen molar-refractivity contribution >= 4 is 29.5 Å². The molecule has 0 saturated carbocycles. The molecule has 1 atom stereocenters. The van der Waals surface area contributed by atoms with E-state index in [1.807, 2.05) is 11.8 Å². The fraction of sp³-hybridized carbons (Fsp3) is 0.600. The second-order valence-electron chi connectivity index (χ2n) is 5.56. The van der Waals surface area contributed by atoms with Crippen molar-refractivity contribution in [3.63, 3.8) is 0 Å². The summed E-state index contributed by atoms with van der Waals surface area (Å²) in [6.45, 7) is 0.807. The number of hydrogen-bond donors (Lipinski definition) is 1. The van der Waals surface area contributed by atoms with Crippen LogP contribution in [-0.4, -0.2) is 45.0 Å². The Kier molecular flexibility index (Phi) is 4.76. The Balaban J connectivity index is 1.67.